The van der Waals surface area contributed by atoms with Gasteiger partial charge in [0.25, 0.3) is 5.91 Å². The minimum Gasteiger partial charge on any atom is -0.496 e. The number of ether oxygens (including phenoxy) is 2. The molecule has 0 aliphatic heterocycles. The summed E-state index contributed by atoms with van der Waals surface area (Å²) in [6.45, 7) is 5.28. The quantitative estimate of drug-likeness (QED) is 0.647. The van der Waals surface area contributed by atoms with Gasteiger partial charge in [-0.05, 0) is 50.6 Å². The van der Waals surface area contributed by atoms with Crippen LogP contribution >= 0.6 is 0 Å². The molecule has 0 atom stereocenters. The second kappa shape index (κ2) is 10.3. The van der Waals surface area contributed by atoms with Crippen LogP contribution in [0.2, 0.25) is 0 Å². The molecule has 0 aliphatic carbocycles. The van der Waals surface area contributed by atoms with Crippen molar-refractivity contribution in [1.29, 1.82) is 0 Å². The highest BCUT2D eigenvalue weighted by Crippen LogP contribution is 2.17. The van der Waals surface area contributed by atoms with Gasteiger partial charge in [0.15, 0.2) is 0 Å². The SMILES string of the molecule is COc1ccccc1C(=O)NCc1cccc(NC(=O)CNC(=O)OC(C)(C)C)c1. The summed E-state index contributed by atoms with van der Waals surface area (Å²) in [6, 6.07) is 14.0. The van der Waals surface area contributed by atoms with Crippen LogP contribution in [-0.4, -0.2) is 37.2 Å². The summed E-state index contributed by atoms with van der Waals surface area (Å²) < 4.78 is 10.3. The molecule has 0 bridgehead atoms. The lowest BCUT2D eigenvalue weighted by molar-refractivity contribution is -0.115. The molecule has 0 heterocycles. The van der Waals surface area contributed by atoms with E-state index in [1.807, 2.05) is 6.07 Å². The largest absolute Gasteiger partial charge is 0.496 e. The Morgan fingerprint density at radius 2 is 1.70 bits per heavy atom. The third kappa shape index (κ3) is 7.46. The number of hydrogen-bond donors (Lipinski definition) is 3. The maximum Gasteiger partial charge on any atom is 0.408 e. The second-order valence-electron chi connectivity index (χ2n) is 7.49. The van der Waals surface area contributed by atoms with Gasteiger partial charge in [-0.1, -0.05) is 24.3 Å². The second-order valence-corrected chi connectivity index (χ2v) is 7.49. The molecule has 160 valence electrons. The van der Waals surface area contributed by atoms with Crippen molar-refractivity contribution in [3.05, 3.63) is 59.7 Å². The maximum atomic E-state index is 12.4. The fourth-order valence-electron chi connectivity index (χ4n) is 2.54. The van der Waals surface area contributed by atoms with Gasteiger partial charge in [-0.2, -0.15) is 0 Å². The summed E-state index contributed by atoms with van der Waals surface area (Å²) in [5.74, 6) is -0.159. The van der Waals surface area contributed by atoms with E-state index in [2.05, 4.69) is 16.0 Å². The molecule has 2 rings (SSSR count). The highest BCUT2D eigenvalue weighted by molar-refractivity contribution is 5.97. The van der Waals surface area contributed by atoms with Crippen molar-refractivity contribution in [2.45, 2.75) is 32.9 Å². The average Bonchev–Trinajstić information content (AvgIpc) is 2.69. The number of hydrogen-bond acceptors (Lipinski definition) is 5. The number of methoxy groups -OCH3 is 1. The summed E-state index contributed by atoms with van der Waals surface area (Å²) in [5.41, 5.74) is 1.16. The van der Waals surface area contributed by atoms with Crippen LogP contribution in [0.25, 0.3) is 0 Å². The Morgan fingerprint density at radius 1 is 0.967 bits per heavy atom. The smallest absolute Gasteiger partial charge is 0.408 e. The summed E-state index contributed by atoms with van der Waals surface area (Å²) in [6.07, 6.45) is -0.662. The fraction of sp³-hybridized carbons (Fsp3) is 0.318. The third-order valence-corrected chi connectivity index (χ3v) is 3.81. The Hall–Kier alpha value is -3.55. The van der Waals surface area contributed by atoms with Crippen molar-refractivity contribution in [2.75, 3.05) is 19.0 Å². The minimum absolute atomic E-state index is 0.219. The zero-order valence-corrected chi connectivity index (χ0v) is 17.6. The molecule has 2 aromatic carbocycles. The van der Waals surface area contributed by atoms with E-state index in [1.165, 1.54) is 7.11 Å². The Kier molecular flexibility index (Phi) is 7.80. The molecule has 2 aromatic rings. The molecule has 0 saturated heterocycles. The number of para-hydroxylation sites is 1. The lowest BCUT2D eigenvalue weighted by Gasteiger charge is -2.19. The normalized spacial score (nSPS) is 10.7. The first-order chi connectivity index (χ1) is 14.2. The van der Waals surface area contributed by atoms with Gasteiger partial charge in [0.05, 0.1) is 12.7 Å². The molecular formula is C22H27N3O5. The number of nitrogens with one attached hydrogen (secondary N) is 3. The number of carbonyl (C=O) groups is 3. The minimum atomic E-state index is -0.662. The van der Waals surface area contributed by atoms with E-state index >= 15 is 0 Å². The first-order valence-corrected chi connectivity index (χ1v) is 9.45. The molecule has 0 aromatic heterocycles. The van der Waals surface area contributed by atoms with Crippen LogP contribution in [-0.2, 0) is 16.1 Å². The van der Waals surface area contributed by atoms with Gasteiger partial charge >= 0.3 is 6.09 Å². The van der Waals surface area contributed by atoms with Gasteiger partial charge in [-0.15, -0.1) is 0 Å². The van der Waals surface area contributed by atoms with Gasteiger partial charge in [0.1, 0.15) is 17.9 Å². The van der Waals surface area contributed by atoms with Crippen molar-refractivity contribution < 1.29 is 23.9 Å². The first kappa shape index (κ1) is 22.7. The number of rotatable bonds is 7. The Morgan fingerprint density at radius 3 is 2.40 bits per heavy atom. The average molecular weight is 413 g/mol. The van der Waals surface area contributed by atoms with Crippen molar-refractivity contribution in [2.24, 2.45) is 0 Å². The van der Waals surface area contributed by atoms with E-state index in [4.69, 9.17) is 9.47 Å². The number of carbonyl (C=O) groups excluding carboxylic acids is 3. The lowest BCUT2D eigenvalue weighted by Crippen LogP contribution is -2.37. The van der Waals surface area contributed by atoms with Gasteiger partial charge in [-0.3, -0.25) is 9.59 Å². The highest BCUT2D eigenvalue weighted by Gasteiger charge is 2.16. The number of anilines is 1. The summed E-state index contributed by atoms with van der Waals surface area (Å²) in [4.78, 5) is 36.1. The van der Waals surface area contributed by atoms with Crippen molar-refractivity contribution in [3.63, 3.8) is 0 Å². The molecule has 8 heteroatoms. The van der Waals surface area contributed by atoms with Crippen molar-refractivity contribution in [1.82, 2.24) is 10.6 Å². The van der Waals surface area contributed by atoms with E-state index in [0.29, 0.717) is 17.0 Å². The molecule has 0 fully saturated rings. The predicted octanol–water partition coefficient (Wildman–Crippen LogP) is 3.09. The highest BCUT2D eigenvalue weighted by atomic mass is 16.6. The van der Waals surface area contributed by atoms with Crippen LogP contribution in [0.5, 0.6) is 5.75 Å². The zero-order chi connectivity index (χ0) is 22.1. The molecule has 8 nitrogen and oxygen atoms in total. The molecule has 0 saturated carbocycles. The number of amides is 3. The predicted molar refractivity (Wildman–Crippen MR) is 113 cm³/mol. The number of benzene rings is 2. The fourth-order valence-corrected chi connectivity index (χ4v) is 2.54. The van der Waals surface area contributed by atoms with Gasteiger partial charge in [0.2, 0.25) is 5.91 Å². The molecule has 3 N–H and O–H groups in total. The Labute approximate surface area is 175 Å². The molecule has 0 unspecified atom stereocenters. The van der Waals surface area contributed by atoms with Crippen LogP contribution in [0.4, 0.5) is 10.5 Å². The third-order valence-electron chi connectivity index (χ3n) is 3.81. The Bertz CT molecular complexity index is 906. The number of alkyl carbamates (subject to hydrolysis) is 1. The van der Waals surface area contributed by atoms with Crippen LogP contribution < -0.4 is 20.7 Å². The maximum absolute atomic E-state index is 12.4. The van der Waals surface area contributed by atoms with Gasteiger partial charge < -0.3 is 25.4 Å². The van der Waals surface area contributed by atoms with Crippen molar-refractivity contribution >= 4 is 23.6 Å². The summed E-state index contributed by atoms with van der Waals surface area (Å²) in [5, 5.41) is 7.92. The van der Waals surface area contributed by atoms with E-state index in [9.17, 15) is 14.4 Å². The van der Waals surface area contributed by atoms with E-state index in [0.717, 1.165) is 5.56 Å². The van der Waals surface area contributed by atoms with Crippen LogP contribution in [0.15, 0.2) is 48.5 Å². The molecule has 0 spiro atoms. The van der Waals surface area contributed by atoms with E-state index in [1.54, 1.807) is 63.2 Å². The standard InChI is InChI=1S/C22H27N3O5/c1-22(2,3)30-21(28)24-14-19(26)25-16-9-7-8-15(12-16)13-23-20(27)17-10-5-6-11-18(17)29-4/h5-12H,13-14H2,1-4H3,(H,23,27)(H,24,28)(H,25,26). The molecule has 0 radical (unpaired) electrons. The summed E-state index contributed by atoms with van der Waals surface area (Å²) >= 11 is 0. The van der Waals surface area contributed by atoms with Crippen LogP contribution in [0, 0.1) is 0 Å². The molecule has 30 heavy (non-hydrogen) atoms. The van der Waals surface area contributed by atoms with Gasteiger partial charge in [0, 0.05) is 12.2 Å². The molecule has 0 aliphatic rings. The van der Waals surface area contributed by atoms with Crippen LogP contribution in [0.1, 0.15) is 36.7 Å². The van der Waals surface area contributed by atoms with Gasteiger partial charge in [-0.25, -0.2) is 4.79 Å². The molecular weight excluding hydrogens is 386 g/mol. The van der Waals surface area contributed by atoms with Crippen LogP contribution in [0.3, 0.4) is 0 Å². The van der Waals surface area contributed by atoms with Crippen molar-refractivity contribution in [3.8, 4) is 5.75 Å². The zero-order valence-electron chi connectivity index (χ0n) is 17.6. The molecule has 3 amide bonds. The van der Waals surface area contributed by atoms with E-state index < -0.39 is 17.6 Å². The monoisotopic (exact) mass is 413 g/mol. The topological polar surface area (TPSA) is 106 Å². The Balaban J connectivity index is 1.88. The lowest BCUT2D eigenvalue weighted by atomic mass is 10.1. The summed E-state index contributed by atoms with van der Waals surface area (Å²) in [7, 11) is 1.51. The van der Waals surface area contributed by atoms with E-state index in [-0.39, 0.29) is 19.0 Å². The first-order valence-electron chi connectivity index (χ1n) is 9.45.